The zero-order valence-electron chi connectivity index (χ0n) is 21.0. The summed E-state index contributed by atoms with van der Waals surface area (Å²) >= 11 is 0. The summed E-state index contributed by atoms with van der Waals surface area (Å²) < 4.78 is 2.02. The molecule has 0 N–H and O–H groups in total. The van der Waals surface area contributed by atoms with Crippen LogP contribution in [0.2, 0.25) is 0 Å². The molecule has 2 amide bonds. The van der Waals surface area contributed by atoms with Crippen LogP contribution in [0.15, 0.2) is 109 Å². The van der Waals surface area contributed by atoms with Crippen molar-refractivity contribution < 1.29 is 9.59 Å². The number of anilines is 1. The van der Waals surface area contributed by atoms with Gasteiger partial charge in [-0.15, -0.1) is 0 Å². The molecular formula is C34H18N4O2. The minimum atomic E-state index is -0.371. The molecule has 6 nitrogen and oxygen atoms in total. The Morgan fingerprint density at radius 2 is 1.25 bits per heavy atom. The number of carbonyl (C=O) groups is 2. The van der Waals surface area contributed by atoms with Gasteiger partial charge in [0.05, 0.1) is 56.8 Å². The van der Waals surface area contributed by atoms with E-state index < -0.39 is 0 Å². The van der Waals surface area contributed by atoms with Crippen LogP contribution in [-0.2, 0) is 0 Å². The average molecular weight is 515 g/mol. The van der Waals surface area contributed by atoms with Gasteiger partial charge < -0.3 is 4.57 Å². The standard InChI is InChI=1S/C34H18N4O2/c35-19-21-16-22(20-36)18-23(17-21)25-11-6-14-29-31(25)26-10-4-5-13-28(26)38(29)30-15-7-12-27-32(30)34(40)37(33(27)39)24-8-2-1-3-9-24/h1-18H. The van der Waals surface area contributed by atoms with Crippen LogP contribution < -0.4 is 4.90 Å². The highest BCUT2D eigenvalue weighted by Crippen LogP contribution is 2.41. The van der Waals surface area contributed by atoms with Crippen molar-refractivity contribution in [1.29, 1.82) is 10.5 Å². The van der Waals surface area contributed by atoms with Crippen LogP contribution in [0.4, 0.5) is 5.69 Å². The largest absolute Gasteiger partial charge is 0.308 e. The fraction of sp³-hybridized carbons (Fsp3) is 0. The van der Waals surface area contributed by atoms with E-state index in [-0.39, 0.29) is 11.8 Å². The van der Waals surface area contributed by atoms with Crippen molar-refractivity contribution in [2.75, 3.05) is 4.90 Å². The van der Waals surface area contributed by atoms with Gasteiger partial charge in [0, 0.05) is 10.8 Å². The van der Waals surface area contributed by atoms with E-state index in [1.807, 2.05) is 59.2 Å². The second-order valence-electron chi connectivity index (χ2n) is 9.56. The van der Waals surface area contributed by atoms with E-state index in [1.54, 1.807) is 54.6 Å². The number of aromatic nitrogens is 1. The number of para-hydroxylation sites is 2. The Bertz CT molecular complexity index is 2100. The van der Waals surface area contributed by atoms with Crippen molar-refractivity contribution in [2.45, 2.75) is 0 Å². The molecule has 0 aliphatic carbocycles. The molecule has 0 saturated heterocycles. The maximum Gasteiger partial charge on any atom is 0.268 e. The molecule has 6 aromatic rings. The summed E-state index contributed by atoms with van der Waals surface area (Å²) in [5.74, 6) is -0.726. The summed E-state index contributed by atoms with van der Waals surface area (Å²) in [5.41, 5.74) is 5.97. The SMILES string of the molecule is N#Cc1cc(C#N)cc(-c2cccc3c2c2ccccc2n3-c2cccc3c2C(=O)N(c2ccccc2)C3=O)c1. The van der Waals surface area contributed by atoms with Gasteiger partial charge in [0.2, 0.25) is 0 Å². The van der Waals surface area contributed by atoms with Gasteiger partial charge in [0.1, 0.15) is 0 Å². The first-order valence-electron chi connectivity index (χ1n) is 12.7. The highest BCUT2D eigenvalue weighted by molar-refractivity contribution is 6.35. The van der Waals surface area contributed by atoms with Gasteiger partial charge in [-0.2, -0.15) is 10.5 Å². The second kappa shape index (κ2) is 8.80. The molecule has 7 rings (SSSR count). The van der Waals surface area contributed by atoms with Gasteiger partial charge in [-0.3, -0.25) is 9.59 Å². The van der Waals surface area contributed by atoms with E-state index in [0.717, 1.165) is 32.9 Å². The molecule has 0 spiro atoms. The first kappa shape index (κ1) is 23.2. The molecule has 0 saturated carbocycles. The Morgan fingerprint density at radius 1 is 0.600 bits per heavy atom. The second-order valence-corrected chi connectivity index (χ2v) is 9.56. The molecule has 40 heavy (non-hydrogen) atoms. The summed E-state index contributed by atoms with van der Waals surface area (Å²) in [5, 5.41) is 21.0. The Balaban J connectivity index is 1.53. The fourth-order valence-electron chi connectivity index (χ4n) is 5.70. The third kappa shape index (κ3) is 3.27. The van der Waals surface area contributed by atoms with Gasteiger partial charge >= 0.3 is 0 Å². The number of nitriles is 2. The minimum Gasteiger partial charge on any atom is -0.308 e. The Hall–Kier alpha value is -5.98. The van der Waals surface area contributed by atoms with Crippen LogP contribution in [0.3, 0.4) is 0 Å². The van der Waals surface area contributed by atoms with Gasteiger partial charge in [-0.1, -0.05) is 54.6 Å². The van der Waals surface area contributed by atoms with E-state index >= 15 is 0 Å². The first-order valence-corrected chi connectivity index (χ1v) is 12.7. The lowest BCUT2D eigenvalue weighted by Crippen LogP contribution is -2.29. The van der Waals surface area contributed by atoms with Crippen molar-refractivity contribution in [3.63, 3.8) is 0 Å². The summed E-state index contributed by atoms with van der Waals surface area (Å²) in [6.45, 7) is 0. The lowest BCUT2D eigenvalue weighted by Gasteiger charge is -2.14. The molecule has 6 heteroatoms. The highest BCUT2D eigenvalue weighted by atomic mass is 16.2. The summed E-state index contributed by atoms with van der Waals surface area (Å²) in [6, 6.07) is 37.5. The molecule has 1 aromatic heterocycles. The molecule has 186 valence electrons. The molecule has 1 aliphatic rings. The lowest BCUT2D eigenvalue weighted by atomic mass is 9.96. The molecule has 0 unspecified atom stereocenters. The molecule has 0 bridgehead atoms. The Labute approximate surface area is 229 Å². The van der Waals surface area contributed by atoms with Gasteiger partial charge in [-0.05, 0) is 65.7 Å². The zero-order chi connectivity index (χ0) is 27.4. The predicted molar refractivity (Wildman–Crippen MR) is 153 cm³/mol. The van der Waals surface area contributed by atoms with Crippen molar-refractivity contribution in [3.8, 4) is 29.0 Å². The molecule has 0 fully saturated rings. The van der Waals surface area contributed by atoms with E-state index in [4.69, 9.17) is 0 Å². The normalized spacial score (nSPS) is 12.5. The third-order valence-corrected chi connectivity index (χ3v) is 7.35. The molecule has 5 aromatic carbocycles. The molecule has 0 atom stereocenters. The van der Waals surface area contributed by atoms with Crippen LogP contribution in [0.1, 0.15) is 31.8 Å². The monoisotopic (exact) mass is 514 g/mol. The van der Waals surface area contributed by atoms with Gasteiger partial charge in [0.15, 0.2) is 0 Å². The third-order valence-electron chi connectivity index (χ3n) is 7.35. The predicted octanol–water partition coefficient (Wildman–Crippen LogP) is 6.99. The quantitative estimate of drug-likeness (QED) is 0.238. The number of benzene rings is 5. The fourth-order valence-corrected chi connectivity index (χ4v) is 5.70. The summed E-state index contributed by atoms with van der Waals surface area (Å²) in [7, 11) is 0. The number of nitrogens with zero attached hydrogens (tertiary/aromatic N) is 4. The number of fused-ring (bicyclic) bond motifs is 4. The van der Waals surface area contributed by atoms with Crippen molar-refractivity contribution in [2.24, 2.45) is 0 Å². The number of imide groups is 1. The number of amides is 2. The average Bonchev–Trinajstić information content (AvgIpc) is 3.48. The highest BCUT2D eigenvalue weighted by Gasteiger charge is 2.39. The van der Waals surface area contributed by atoms with Crippen LogP contribution in [-0.4, -0.2) is 16.4 Å². The maximum absolute atomic E-state index is 13.9. The van der Waals surface area contributed by atoms with Crippen LogP contribution in [0, 0.1) is 22.7 Å². The topological polar surface area (TPSA) is 89.9 Å². The summed E-state index contributed by atoms with van der Waals surface area (Å²) in [4.78, 5) is 28.5. The minimum absolute atomic E-state index is 0.350. The molecular weight excluding hydrogens is 496 g/mol. The van der Waals surface area contributed by atoms with E-state index in [2.05, 4.69) is 12.1 Å². The summed E-state index contributed by atoms with van der Waals surface area (Å²) in [6.07, 6.45) is 0. The van der Waals surface area contributed by atoms with Crippen LogP contribution in [0.25, 0.3) is 38.6 Å². The number of rotatable bonds is 3. The Kier molecular flexibility index (Phi) is 5.10. The molecule has 2 heterocycles. The van der Waals surface area contributed by atoms with Crippen LogP contribution in [0.5, 0.6) is 0 Å². The van der Waals surface area contributed by atoms with Crippen LogP contribution >= 0.6 is 0 Å². The maximum atomic E-state index is 13.9. The molecule has 0 radical (unpaired) electrons. The van der Waals surface area contributed by atoms with E-state index in [0.29, 0.717) is 33.6 Å². The van der Waals surface area contributed by atoms with E-state index in [9.17, 15) is 20.1 Å². The number of carbonyl (C=O) groups excluding carboxylic acids is 2. The van der Waals surface area contributed by atoms with Crippen molar-refractivity contribution in [3.05, 3.63) is 131 Å². The number of hydrogen-bond donors (Lipinski definition) is 0. The zero-order valence-corrected chi connectivity index (χ0v) is 21.0. The van der Waals surface area contributed by atoms with E-state index in [1.165, 1.54) is 4.90 Å². The van der Waals surface area contributed by atoms with Gasteiger partial charge in [0.25, 0.3) is 11.8 Å². The lowest BCUT2D eigenvalue weighted by molar-refractivity contribution is 0.0926. The van der Waals surface area contributed by atoms with Crippen molar-refractivity contribution >= 4 is 39.3 Å². The molecule has 1 aliphatic heterocycles. The van der Waals surface area contributed by atoms with Gasteiger partial charge in [-0.25, -0.2) is 4.90 Å². The van der Waals surface area contributed by atoms with Crippen molar-refractivity contribution in [1.82, 2.24) is 4.57 Å². The number of hydrogen-bond acceptors (Lipinski definition) is 4. The first-order chi connectivity index (χ1) is 19.6. The Morgan fingerprint density at radius 3 is 2.00 bits per heavy atom. The smallest absolute Gasteiger partial charge is 0.268 e.